The Morgan fingerprint density at radius 2 is 2.25 bits per heavy atom. The monoisotopic (exact) mass is 252 g/mol. The lowest BCUT2D eigenvalue weighted by Crippen LogP contribution is -2.11. The van der Waals surface area contributed by atoms with Gasteiger partial charge in [-0.1, -0.05) is 13.8 Å². The lowest BCUT2D eigenvalue weighted by atomic mass is 10.2. The van der Waals surface area contributed by atoms with E-state index in [0.717, 1.165) is 13.1 Å². The van der Waals surface area contributed by atoms with Gasteiger partial charge < -0.3 is 5.32 Å². The van der Waals surface area contributed by atoms with Crippen LogP contribution in [-0.2, 0) is 13.1 Å². The minimum atomic E-state index is 0.586. The van der Waals surface area contributed by atoms with Crippen molar-refractivity contribution in [2.45, 2.75) is 32.9 Å². The number of hydrogen-bond donors (Lipinski definition) is 1. The fourth-order valence-corrected chi connectivity index (χ4v) is 2.94. The summed E-state index contributed by atoms with van der Waals surface area (Å²) in [5.74, 6) is 0.586. The van der Waals surface area contributed by atoms with Gasteiger partial charge >= 0.3 is 0 Å². The second-order valence-corrected chi connectivity index (χ2v) is 5.97. The van der Waals surface area contributed by atoms with Crippen LogP contribution in [0.25, 0.3) is 0 Å². The van der Waals surface area contributed by atoms with E-state index in [2.05, 4.69) is 41.0 Å². The van der Waals surface area contributed by atoms with Gasteiger partial charge in [-0.25, -0.2) is 4.98 Å². The SMILES string of the molecule is CC(C)c1cnc(CNCc2ccsc2)s1. The molecule has 16 heavy (non-hydrogen) atoms. The number of hydrogen-bond acceptors (Lipinski definition) is 4. The van der Waals surface area contributed by atoms with Gasteiger partial charge in [-0.2, -0.15) is 11.3 Å². The van der Waals surface area contributed by atoms with Crippen molar-refractivity contribution in [3.63, 3.8) is 0 Å². The van der Waals surface area contributed by atoms with Crippen LogP contribution in [0.3, 0.4) is 0 Å². The molecule has 0 atom stereocenters. The van der Waals surface area contributed by atoms with E-state index in [1.54, 1.807) is 11.3 Å². The molecular weight excluding hydrogens is 236 g/mol. The second-order valence-electron chi connectivity index (χ2n) is 4.05. The zero-order valence-corrected chi connectivity index (χ0v) is 11.2. The van der Waals surface area contributed by atoms with Crippen LogP contribution in [0.2, 0.25) is 0 Å². The summed E-state index contributed by atoms with van der Waals surface area (Å²) in [6.07, 6.45) is 2.00. The average molecular weight is 252 g/mol. The van der Waals surface area contributed by atoms with Gasteiger partial charge in [0.15, 0.2) is 0 Å². The molecule has 0 spiro atoms. The molecule has 0 amide bonds. The van der Waals surface area contributed by atoms with Gasteiger partial charge in [0.25, 0.3) is 0 Å². The standard InChI is InChI=1S/C12H16N2S2/c1-9(2)11-6-14-12(16-11)7-13-5-10-3-4-15-8-10/h3-4,6,8-9,13H,5,7H2,1-2H3. The molecule has 2 aromatic heterocycles. The molecule has 0 saturated heterocycles. The van der Waals surface area contributed by atoms with Gasteiger partial charge in [0, 0.05) is 24.2 Å². The Morgan fingerprint density at radius 3 is 2.88 bits per heavy atom. The predicted molar refractivity (Wildman–Crippen MR) is 71.1 cm³/mol. The highest BCUT2D eigenvalue weighted by molar-refractivity contribution is 7.11. The highest BCUT2D eigenvalue weighted by Crippen LogP contribution is 2.21. The normalized spacial score (nSPS) is 11.2. The van der Waals surface area contributed by atoms with E-state index in [9.17, 15) is 0 Å². The molecule has 0 radical (unpaired) electrons. The maximum atomic E-state index is 4.41. The van der Waals surface area contributed by atoms with Gasteiger partial charge in [-0.15, -0.1) is 11.3 Å². The van der Waals surface area contributed by atoms with Crippen molar-refractivity contribution >= 4 is 22.7 Å². The second kappa shape index (κ2) is 5.57. The molecule has 2 nitrogen and oxygen atoms in total. The number of thiazole rings is 1. The molecule has 2 heterocycles. The fraction of sp³-hybridized carbons (Fsp3) is 0.417. The molecule has 2 rings (SSSR count). The summed E-state index contributed by atoms with van der Waals surface area (Å²) in [5, 5.41) is 8.87. The van der Waals surface area contributed by atoms with Crippen molar-refractivity contribution < 1.29 is 0 Å². The van der Waals surface area contributed by atoms with Gasteiger partial charge in [0.05, 0.1) is 0 Å². The molecule has 0 aliphatic carbocycles. The lowest BCUT2D eigenvalue weighted by molar-refractivity contribution is 0.691. The predicted octanol–water partition coefficient (Wildman–Crippen LogP) is 3.62. The summed E-state index contributed by atoms with van der Waals surface area (Å²) in [4.78, 5) is 5.78. The molecule has 0 aliphatic heterocycles. The summed E-state index contributed by atoms with van der Waals surface area (Å²) in [6.45, 7) is 6.21. The largest absolute Gasteiger partial charge is 0.306 e. The molecular formula is C12H16N2S2. The van der Waals surface area contributed by atoms with Crippen LogP contribution in [0.1, 0.15) is 35.2 Å². The Kier molecular flexibility index (Phi) is 4.09. The van der Waals surface area contributed by atoms with Crippen LogP contribution in [-0.4, -0.2) is 4.98 Å². The molecule has 0 fully saturated rings. The fourth-order valence-electron chi connectivity index (χ4n) is 1.38. The van der Waals surface area contributed by atoms with Gasteiger partial charge in [-0.3, -0.25) is 0 Å². The van der Waals surface area contributed by atoms with Crippen LogP contribution >= 0.6 is 22.7 Å². The van der Waals surface area contributed by atoms with Crippen LogP contribution in [0, 0.1) is 0 Å². The van der Waals surface area contributed by atoms with Crippen LogP contribution < -0.4 is 5.32 Å². The molecule has 0 aliphatic rings. The van der Waals surface area contributed by atoms with Crippen molar-refractivity contribution in [3.05, 3.63) is 38.5 Å². The summed E-state index contributed by atoms with van der Waals surface area (Å²) in [5.41, 5.74) is 1.35. The minimum Gasteiger partial charge on any atom is -0.306 e. The Bertz CT molecular complexity index is 418. The van der Waals surface area contributed by atoms with Crippen molar-refractivity contribution in [3.8, 4) is 0 Å². The highest BCUT2D eigenvalue weighted by atomic mass is 32.1. The number of thiophene rings is 1. The quantitative estimate of drug-likeness (QED) is 0.879. The maximum Gasteiger partial charge on any atom is 0.107 e. The van der Waals surface area contributed by atoms with E-state index < -0.39 is 0 Å². The molecule has 0 bridgehead atoms. The van der Waals surface area contributed by atoms with Crippen molar-refractivity contribution in [2.75, 3.05) is 0 Å². The van der Waals surface area contributed by atoms with Crippen molar-refractivity contribution in [2.24, 2.45) is 0 Å². The molecule has 0 unspecified atom stereocenters. The molecule has 2 aromatic rings. The van der Waals surface area contributed by atoms with Gasteiger partial charge in [0.1, 0.15) is 5.01 Å². The van der Waals surface area contributed by atoms with E-state index >= 15 is 0 Å². The first-order chi connectivity index (χ1) is 7.75. The van der Waals surface area contributed by atoms with E-state index in [1.165, 1.54) is 15.4 Å². The topological polar surface area (TPSA) is 24.9 Å². The zero-order valence-electron chi connectivity index (χ0n) is 9.56. The summed E-state index contributed by atoms with van der Waals surface area (Å²) < 4.78 is 0. The Labute approximate surface area is 104 Å². The van der Waals surface area contributed by atoms with E-state index in [4.69, 9.17) is 0 Å². The molecule has 1 N–H and O–H groups in total. The maximum absolute atomic E-state index is 4.41. The number of rotatable bonds is 5. The average Bonchev–Trinajstić information content (AvgIpc) is 2.87. The molecule has 4 heteroatoms. The van der Waals surface area contributed by atoms with Crippen LogP contribution in [0.4, 0.5) is 0 Å². The molecule has 0 saturated carbocycles. The zero-order chi connectivity index (χ0) is 11.4. The Hall–Kier alpha value is -0.710. The number of nitrogens with zero attached hydrogens (tertiary/aromatic N) is 1. The molecule has 86 valence electrons. The van der Waals surface area contributed by atoms with Crippen LogP contribution in [0.5, 0.6) is 0 Å². The van der Waals surface area contributed by atoms with E-state index in [0.29, 0.717) is 5.92 Å². The van der Waals surface area contributed by atoms with Crippen molar-refractivity contribution in [1.29, 1.82) is 0 Å². The van der Waals surface area contributed by atoms with E-state index in [-0.39, 0.29) is 0 Å². The number of nitrogens with one attached hydrogen (secondary N) is 1. The van der Waals surface area contributed by atoms with Crippen molar-refractivity contribution in [1.82, 2.24) is 10.3 Å². The van der Waals surface area contributed by atoms with Crippen LogP contribution in [0.15, 0.2) is 23.0 Å². The first-order valence-electron chi connectivity index (χ1n) is 5.42. The highest BCUT2D eigenvalue weighted by Gasteiger charge is 2.04. The third kappa shape index (κ3) is 3.14. The first-order valence-corrected chi connectivity index (χ1v) is 7.18. The third-order valence-electron chi connectivity index (χ3n) is 2.33. The Balaban J connectivity index is 1.81. The summed E-state index contributed by atoms with van der Waals surface area (Å²) in [6, 6.07) is 2.15. The third-order valence-corrected chi connectivity index (χ3v) is 4.36. The van der Waals surface area contributed by atoms with E-state index in [1.807, 2.05) is 17.5 Å². The number of aromatic nitrogens is 1. The van der Waals surface area contributed by atoms with Gasteiger partial charge in [-0.05, 0) is 28.3 Å². The lowest BCUT2D eigenvalue weighted by Gasteiger charge is -2.00. The smallest absolute Gasteiger partial charge is 0.107 e. The van der Waals surface area contributed by atoms with Gasteiger partial charge in [0.2, 0.25) is 0 Å². The summed E-state index contributed by atoms with van der Waals surface area (Å²) in [7, 11) is 0. The Morgan fingerprint density at radius 1 is 1.38 bits per heavy atom. The minimum absolute atomic E-state index is 0.586. The first kappa shape index (κ1) is 11.8. The summed E-state index contributed by atoms with van der Waals surface area (Å²) >= 11 is 3.55. The molecule has 0 aromatic carbocycles.